The van der Waals surface area contributed by atoms with Gasteiger partial charge in [-0.1, -0.05) is 27.7 Å². The Morgan fingerprint density at radius 3 is 1.39 bits per heavy atom. The lowest BCUT2D eigenvalue weighted by Crippen LogP contribution is -2.17. The Kier molecular flexibility index (Phi) is 11.5. The topological polar surface area (TPSA) is 101 Å². The van der Waals surface area contributed by atoms with Crippen LogP contribution < -0.4 is 10.9 Å². The van der Waals surface area contributed by atoms with E-state index in [0.717, 1.165) is 63.9 Å². The Morgan fingerprint density at radius 2 is 1.06 bits per heavy atom. The number of rotatable bonds is 15. The van der Waals surface area contributed by atoms with Crippen LogP contribution in [-0.2, 0) is 12.8 Å². The SMILES string of the molecule is CC(C)(CCc1cc(=O)c(O)co1)CCC(S)CCC(S)CCC(C)(C)CCc1cc(=O)c(O)co1. The van der Waals surface area contributed by atoms with Crippen molar-refractivity contribution in [1.82, 2.24) is 0 Å². The Labute approximate surface area is 225 Å². The van der Waals surface area contributed by atoms with Crippen molar-refractivity contribution in [3.8, 4) is 11.5 Å². The molecule has 2 aromatic heterocycles. The number of aryl methyl sites for hydroxylation is 2. The smallest absolute Gasteiger partial charge is 0.226 e. The summed E-state index contributed by atoms with van der Waals surface area (Å²) in [7, 11) is 0. The van der Waals surface area contributed by atoms with Crippen LogP contribution in [0.2, 0.25) is 0 Å². The van der Waals surface area contributed by atoms with Crippen molar-refractivity contribution >= 4 is 25.3 Å². The van der Waals surface area contributed by atoms with Gasteiger partial charge >= 0.3 is 0 Å². The van der Waals surface area contributed by atoms with Gasteiger partial charge in [-0.3, -0.25) is 9.59 Å². The summed E-state index contributed by atoms with van der Waals surface area (Å²) in [4.78, 5) is 23.1. The lowest BCUT2D eigenvalue weighted by Gasteiger charge is -2.27. The molecule has 202 valence electrons. The maximum atomic E-state index is 11.6. The summed E-state index contributed by atoms with van der Waals surface area (Å²) in [5, 5.41) is 19.3. The maximum absolute atomic E-state index is 11.6. The third kappa shape index (κ3) is 11.1. The first kappa shape index (κ1) is 30.4. The van der Waals surface area contributed by atoms with Gasteiger partial charge in [0.25, 0.3) is 0 Å². The van der Waals surface area contributed by atoms with E-state index in [9.17, 15) is 19.8 Å². The molecule has 0 bridgehead atoms. The molecule has 2 unspecified atom stereocenters. The third-order valence-electron chi connectivity index (χ3n) is 6.97. The molecule has 0 radical (unpaired) electrons. The molecule has 0 saturated carbocycles. The van der Waals surface area contributed by atoms with E-state index < -0.39 is 10.9 Å². The van der Waals surface area contributed by atoms with Crippen LogP contribution in [0.15, 0.2) is 43.1 Å². The van der Waals surface area contributed by atoms with Gasteiger partial charge in [-0.25, -0.2) is 0 Å². The summed E-state index contributed by atoms with van der Waals surface area (Å²) in [5.74, 6) is 0.486. The third-order valence-corrected chi connectivity index (χ3v) is 8.00. The fourth-order valence-corrected chi connectivity index (χ4v) is 4.67. The molecule has 2 atom stereocenters. The Morgan fingerprint density at radius 1 is 0.694 bits per heavy atom. The van der Waals surface area contributed by atoms with Crippen LogP contribution in [0.3, 0.4) is 0 Å². The zero-order valence-corrected chi connectivity index (χ0v) is 23.7. The van der Waals surface area contributed by atoms with Crippen molar-refractivity contribution in [3.63, 3.8) is 0 Å². The van der Waals surface area contributed by atoms with Gasteiger partial charge in [0, 0.05) is 35.5 Å². The fraction of sp³-hybridized carbons (Fsp3) is 0.643. The zero-order chi connectivity index (χ0) is 26.9. The first-order valence-electron chi connectivity index (χ1n) is 12.7. The van der Waals surface area contributed by atoms with Gasteiger partial charge in [0.15, 0.2) is 11.5 Å². The molecule has 36 heavy (non-hydrogen) atoms. The minimum Gasteiger partial charge on any atom is -0.502 e. The van der Waals surface area contributed by atoms with E-state index in [-0.39, 0.29) is 22.3 Å². The van der Waals surface area contributed by atoms with E-state index in [4.69, 9.17) is 34.1 Å². The maximum Gasteiger partial charge on any atom is 0.226 e. The monoisotopic (exact) mass is 538 g/mol. The highest BCUT2D eigenvalue weighted by molar-refractivity contribution is 7.81. The minimum absolute atomic E-state index is 0.0957. The largest absolute Gasteiger partial charge is 0.502 e. The Balaban J connectivity index is 1.66. The van der Waals surface area contributed by atoms with Crippen molar-refractivity contribution in [3.05, 3.63) is 56.6 Å². The van der Waals surface area contributed by atoms with Gasteiger partial charge in [-0.2, -0.15) is 25.3 Å². The van der Waals surface area contributed by atoms with Crippen LogP contribution in [-0.4, -0.2) is 20.7 Å². The Bertz CT molecular complexity index is 987. The molecule has 2 heterocycles. The summed E-state index contributed by atoms with van der Waals surface area (Å²) in [6, 6.07) is 2.73. The highest BCUT2D eigenvalue weighted by Gasteiger charge is 2.22. The van der Waals surface area contributed by atoms with E-state index >= 15 is 0 Å². The highest BCUT2D eigenvalue weighted by Crippen LogP contribution is 2.33. The standard InChI is InChI=1S/C28H42O6S2/c1-27(2,11-7-19-15-23(29)25(31)17-33-19)13-9-21(35)5-6-22(36)10-14-28(3,4)12-8-20-16-24(30)26(32)18-34-20/h15-18,21-22,31-32,35-36H,5-14H2,1-4H3. The zero-order valence-electron chi connectivity index (χ0n) is 22.0. The van der Waals surface area contributed by atoms with Gasteiger partial charge in [-0.15, -0.1) is 0 Å². The van der Waals surface area contributed by atoms with Gasteiger partial charge < -0.3 is 19.0 Å². The fourth-order valence-electron chi connectivity index (χ4n) is 4.11. The molecule has 0 aliphatic carbocycles. The first-order chi connectivity index (χ1) is 16.8. The summed E-state index contributed by atoms with van der Waals surface area (Å²) >= 11 is 9.64. The van der Waals surface area contributed by atoms with Gasteiger partial charge in [0.05, 0.1) is 0 Å². The van der Waals surface area contributed by atoms with Crippen LogP contribution in [0.5, 0.6) is 11.5 Å². The van der Waals surface area contributed by atoms with E-state index in [1.165, 1.54) is 12.1 Å². The van der Waals surface area contributed by atoms with E-state index in [1.54, 1.807) is 0 Å². The molecule has 0 aromatic carbocycles. The van der Waals surface area contributed by atoms with Crippen LogP contribution in [0.1, 0.15) is 90.6 Å². The van der Waals surface area contributed by atoms with Crippen LogP contribution >= 0.6 is 25.3 Å². The molecule has 0 saturated heterocycles. The quantitative estimate of drug-likeness (QED) is 0.192. The second-order valence-electron chi connectivity index (χ2n) is 11.5. The van der Waals surface area contributed by atoms with E-state index in [1.807, 2.05) is 0 Å². The summed E-state index contributed by atoms with van der Waals surface area (Å²) in [5.41, 5.74) is -0.614. The number of hydrogen-bond donors (Lipinski definition) is 4. The molecular weight excluding hydrogens is 496 g/mol. The molecule has 0 aliphatic heterocycles. The van der Waals surface area contributed by atoms with Gasteiger partial charge in [0.1, 0.15) is 24.0 Å². The molecule has 2 rings (SSSR count). The Hall–Kier alpha value is -1.80. The molecule has 6 nitrogen and oxygen atoms in total. The van der Waals surface area contributed by atoms with E-state index in [0.29, 0.717) is 34.9 Å². The second-order valence-corrected chi connectivity index (χ2v) is 12.9. The first-order valence-corrected chi connectivity index (χ1v) is 13.8. The van der Waals surface area contributed by atoms with Gasteiger partial charge in [0.2, 0.25) is 10.9 Å². The van der Waals surface area contributed by atoms with Crippen LogP contribution in [0, 0.1) is 10.8 Å². The molecule has 0 amide bonds. The summed E-state index contributed by atoms with van der Waals surface area (Å²) in [6.45, 7) is 8.88. The molecule has 2 N–H and O–H groups in total. The summed E-state index contributed by atoms with van der Waals surface area (Å²) < 4.78 is 10.6. The van der Waals surface area contributed by atoms with Crippen molar-refractivity contribution < 1.29 is 19.0 Å². The number of thiol groups is 2. The normalized spacial score (nSPS) is 14.1. The number of aromatic hydroxyl groups is 2. The van der Waals surface area contributed by atoms with Crippen molar-refractivity contribution in [1.29, 1.82) is 0 Å². The second kappa shape index (κ2) is 13.7. The molecule has 0 fully saturated rings. The molecule has 8 heteroatoms. The minimum atomic E-state index is -0.403. The number of hydrogen-bond acceptors (Lipinski definition) is 8. The predicted molar refractivity (Wildman–Crippen MR) is 151 cm³/mol. The molecule has 0 aliphatic rings. The van der Waals surface area contributed by atoms with Crippen molar-refractivity contribution in [2.45, 2.75) is 102 Å². The van der Waals surface area contributed by atoms with Gasteiger partial charge in [-0.05, 0) is 62.2 Å². The lowest BCUT2D eigenvalue weighted by atomic mass is 9.81. The lowest BCUT2D eigenvalue weighted by molar-refractivity contribution is 0.281. The van der Waals surface area contributed by atoms with Crippen molar-refractivity contribution in [2.75, 3.05) is 0 Å². The van der Waals surface area contributed by atoms with Crippen molar-refractivity contribution in [2.24, 2.45) is 10.8 Å². The average molecular weight is 539 g/mol. The summed E-state index contributed by atoms with van der Waals surface area (Å²) in [6.07, 6.45) is 11.4. The molecule has 2 aromatic rings. The molecular formula is C28H42O6S2. The average Bonchev–Trinajstić information content (AvgIpc) is 2.82. The van der Waals surface area contributed by atoms with Crippen LogP contribution in [0.25, 0.3) is 0 Å². The van der Waals surface area contributed by atoms with Crippen LogP contribution in [0.4, 0.5) is 0 Å². The molecule has 0 spiro atoms. The highest BCUT2D eigenvalue weighted by atomic mass is 32.1. The predicted octanol–water partition coefficient (Wildman–Crippen LogP) is 6.56. The van der Waals surface area contributed by atoms with E-state index in [2.05, 4.69) is 27.7 Å².